The number of amides is 2. The Morgan fingerprint density at radius 1 is 1.59 bits per heavy atom. The third-order valence-corrected chi connectivity index (χ3v) is 2.67. The van der Waals surface area contributed by atoms with Crippen LogP contribution in [-0.4, -0.2) is 63.8 Å². The topological polar surface area (TPSA) is 81.1 Å². The zero-order valence-electron chi connectivity index (χ0n) is 9.93. The molecule has 96 valence electrons. The molecule has 0 aliphatic carbocycles. The molecule has 6 heteroatoms. The first-order valence-corrected chi connectivity index (χ1v) is 5.44. The van der Waals surface area contributed by atoms with Crippen LogP contribution >= 0.6 is 0 Å². The Bertz CT molecular complexity index is 327. The number of likely N-dealkylation sites (tertiary alicyclic amines) is 1. The van der Waals surface area contributed by atoms with Gasteiger partial charge in [-0.25, -0.2) is 4.79 Å². The van der Waals surface area contributed by atoms with Crippen molar-refractivity contribution in [1.82, 2.24) is 9.80 Å². The second kappa shape index (κ2) is 5.18. The molecule has 2 N–H and O–H groups in total. The van der Waals surface area contributed by atoms with Gasteiger partial charge in [-0.15, -0.1) is 6.58 Å². The summed E-state index contributed by atoms with van der Waals surface area (Å²) in [6.07, 6.45) is 1.99. The van der Waals surface area contributed by atoms with Gasteiger partial charge in [0.25, 0.3) is 0 Å². The molecule has 0 bridgehead atoms. The molecule has 2 amide bonds. The Kier molecular flexibility index (Phi) is 4.11. The third-order valence-electron chi connectivity index (χ3n) is 2.67. The molecule has 1 rings (SSSR count). The predicted octanol–water partition coefficient (Wildman–Crippen LogP) is 0.136. The van der Waals surface area contributed by atoms with E-state index in [-0.39, 0.29) is 25.7 Å². The van der Waals surface area contributed by atoms with Crippen LogP contribution in [0.5, 0.6) is 0 Å². The lowest BCUT2D eigenvalue weighted by Gasteiger charge is -2.26. The zero-order valence-corrected chi connectivity index (χ0v) is 9.93. The normalized spacial score (nSPS) is 23.5. The van der Waals surface area contributed by atoms with Crippen LogP contribution in [0.15, 0.2) is 12.7 Å². The number of rotatable bonds is 4. The SMILES string of the molecule is C=CCN(CC(=O)O)C(=O)N1CCC(C)(O)C1. The Hall–Kier alpha value is -1.56. The number of hydrogen-bond acceptors (Lipinski definition) is 3. The summed E-state index contributed by atoms with van der Waals surface area (Å²) in [7, 11) is 0. The molecule has 17 heavy (non-hydrogen) atoms. The monoisotopic (exact) mass is 242 g/mol. The predicted molar refractivity (Wildman–Crippen MR) is 61.6 cm³/mol. The molecule has 0 aromatic heterocycles. The van der Waals surface area contributed by atoms with Crippen LogP contribution in [0.3, 0.4) is 0 Å². The number of carbonyl (C=O) groups is 2. The summed E-state index contributed by atoms with van der Waals surface area (Å²) in [4.78, 5) is 25.3. The van der Waals surface area contributed by atoms with Gasteiger partial charge in [-0.05, 0) is 13.3 Å². The minimum atomic E-state index is -1.06. The summed E-state index contributed by atoms with van der Waals surface area (Å²) >= 11 is 0. The van der Waals surface area contributed by atoms with Crippen molar-refractivity contribution >= 4 is 12.0 Å². The largest absolute Gasteiger partial charge is 0.480 e. The lowest BCUT2D eigenvalue weighted by atomic mass is 10.1. The molecule has 0 saturated carbocycles. The van der Waals surface area contributed by atoms with Crippen LogP contribution in [0.2, 0.25) is 0 Å². The van der Waals surface area contributed by atoms with E-state index >= 15 is 0 Å². The fourth-order valence-corrected chi connectivity index (χ4v) is 1.84. The van der Waals surface area contributed by atoms with Crippen LogP contribution in [0.1, 0.15) is 13.3 Å². The standard InChI is InChI=1S/C11H18N2O4/c1-3-5-12(7-9(14)15)10(16)13-6-4-11(2,17)8-13/h3,17H,1,4-8H2,2H3,(H,14,15). The van der Waals surface area contributed by atoms with Gasteiger partial charge in [0.1, 0.15) is 6.54 Å². The van der Waals surface area contributed by atoms with E-state index in [0.29, 0.717) is 13.0 Å². The molecule has 1 aliphatic rings. The summed E-state index contributed by atoms with van der Waals surface area (Å²) in [5.74, 6) is -1.06. The van der Waals surface area contributed by atoms with E-state index in [1.165, 1.54) is 15.9 Å². The number of carboxylic acids is 1. The van der Waals surface area contributed by atoms with Crippen LogP contribution < -0.4 is 0 Å². The van der Waals surface area contributed by atoms with E-state index in [1.54, 1.807) is 6.92 Å². The number of urea groups is 1. The Balaban J connectivity index is 2.65. The third kappa shape index (κ3) is 3.74. The number of carboxylic acid groups (broad SMARTS) is 1. The molecular weight excluding hydrogens is 224 g/mol. The van der Waals surface area contributed by atoms with Gasteiger partial charge in [0, 0.05) is 13.1 Å². The van der Waals surface area contributed by atoms with Crippen LogP contribution in [0.4, 0.5) is 4.79 Å². The van der Waals surface area contributed by atoms with Gasteiger partial charge in [0.2, 0.25) is 0 Å². The van der Waals surface area contributed by atoms with Gasteiger partial charge in [-0.2, -0.15) is 0 Å². The molecule has 1 atom stereocenters. The highest BCUT2D eigenvalue weighted by molar-refractivity contribution is 5.80. The van der Waals surface area contributed by atoms with Crippen molar-refractivity contribution in [3.63, 3.8) is 0 Å². The summed E-state index contributed by atoms with van der Waals surface area (Å²) in [6, 6.07) is -0.370. The first-order chi connectivity index (χ1) is 7.85. The van der Waals surface area contributed by atoms with Crippen LogP contribution in [0.25, 0.3) is 0 Å². The van der Waals surface area contributed by atoms with Crippen molar-refractivity contribution < 1.29 is 19.8 Å². The van der Waals surface area contributed by atoms with E-state index in [0.717, 1.165) is 0 Å². The summed E-state index contributed by atoms with van der Waals surface area (Å²) in [5.41, 5.74) is -0.876. The van der Waals surface area contributed by atoms with E-state index in [1.807, 2.05) is 0 Å². The minimum Gasteiger partial charge on any atom is -0.480 e. The number of aliphatic hydroxyl groups is 1. The molecule has 0 spiro atoms. The van der Waals surface area contributed by atoms with Crippen molar-refractivity contribution in [2.75, 3.05) is 26.2 Å². The zero-order chi connectivity index (χ0) is 13.1. The highest BCUT2D eigenvalue weighted by Crippen LogP contribution is 2.21. The first-order valence-electron chi connectivity index (χ1n) is 5.44. The Morgan fingerprint density at radius 3 is 2.65 bits per heavy atom. The van der Waals surface area contributed by atoms with Gasteiger partial charge in [-0.3, -0.25) is 4.79 Å². The molecule has 6 nitrogen and oxygen atoms in total. The Labute approximate surface area is 100 Å². The van der Waals surface area contributed by atoms with E-state index < -0.39 is 11.6 Å². The molecule has 0 aromatic rings. The van der Waals surface area contributed by atoms with E-state index in [9.17, 15) is 14.7 Å². The summed E-state index contributed by atoms with van der Waals surface area (Å²) < 4.78 is 0. The second-order valence-corrected chi connectivity index (χ2v) is 4.51. The molecule has 1 heterocycles. The van der Waals surface area contributed by atoms with Gasteiger partial charge in [0.05, 0.1) is 12.1 Å². The summed E-state index contributed by atoms with van der Waals surface area (Å²) in [6.45, 7) is 5.66. The molecular formula is C11H18N2O4. The van der Waals surface area contributed by atoms with Crippen molar-refractivity contribution in [2.24, 2.45) is 0 Å². The second-order valence-electron chi connectivity index (χ2n) is 4.51. The van der Waals surface area contributed by atoms with Gasteiger partial charge < -0.3 is 20.0 Å². The molecule has 1 saturated heterocycles. The van der Waals surface area contributed by atoms with Crippen molar-refractivity contribution in [3.8, 4) is 0 Å². The molecule has 1 fully saturated rings. The lowest BCUT2D eigenvalue weighted by Crippen LogP contribution is -2.45. The van der Waals surface area contributed by atoms with E-state index in [2.05, 4.69) is 6.58 Å². The molecule has 0 aromatic carbocycles. The van der Waals surface area contributed by atoms with Gasteiger partial charge in [-0.1, -0.05) is 6.08 Å². The smallest absolute Gasteiger partial charge is 0.323 e. The number of aliphatic carboxylic acids is 1. The fraction of sp³-hybridized carbons (Fsp3) is 0.636. The number of β-amino-alcohol motifs (C(OH)–C–C–N with tert-alkyl or cyclic N) is 1. The average molecular weight is 242 g/mol. The van der Waals surface area contributed by atoms with Crippen molar-refractivity contribution in [1.29, 1.82) is 0 Å². The van der Waals surface area contributed by atoms with Crippen molar-refractivity contribution in [3.05, 3.63) is 12.7 Å². The van der Waals surface area contributed by atoms with Crippen molar-refractivity contribution in [2.45, 2.75) is 18.9 Å². The van der Waals surface area contributed by atoms with Crippen LogP contribution in [0, 0.1) is 0 Å². The number of carbonyl (C=O) groups excluding carboxylic acids is 1. The molecule has 1 aliphatic heterocycles. The van der Waals surface area contributed by atoms with Gasteiger partial charge >= 0.3 is 12.0 Å². The minimum absolute atomic E-state index is 0.184. The maximum absolute atomic E-state index is 12.0. The van der Waals surface area contributed by atoms with E-state index in [4.69, 9.17) is 5.11 Å². The average Bonchev–Trinajstić information content (AvgIpc) is 2.56. The highest BCUT2D eigenvalue weighted by atomic mass is 16.4. The first kappa shape index (κ1) is 13.5. The van der Waals surface area contributed by atoms with Gasteiger partial charge in [0.15, 0.2) is 0 Å². The molecule has 1 unspecified atom stereocenters. The maximum atomic E-state index is 12.0. The highest BCUT2D eigenvalue weighted by Gasteiger charge is 2.35. The summed E-state index contributed by atoms with van der Waals surface area (Å²) in [5, 5.41) is 18.5. The number of nitrogens with zero attached hydrogens (tertiary/aromatic N) is 2. The number of hydrogen-bond donors (Lipinski definition) is 2. The lowest BCUT2D eigenvalue weighted by molar-refractivity contribution is -0.137. The maximum Gasteiger partial charge on any atom is 0.323 e. The molecule has 0 radical (unpaired) electrons. The van der Waals surface area contributed by atoms with Crippen LogP contribution in [-0.2, 0) is 4.79 Å². The fourth-order valence-electron chi connectivity index (χ4n) is 1.84. The quantitative estimate of drug-likeness (QED) is 0.687. The Morgan fingerprint density at radius 2 is 2.24 bits per heavy atom.